The molecule has 0 heterocycles. The van der Waals surface area contributed by atoms with Crippen LogP contribution >= 0.6 is 7.82 Å². The van der Waals surface area contributed by atoms with Gasteiger partial charge >= 0.3 is 37.4 Å². The van der Waals surface area contributed by atoms with E-state index >= 15 is 0 Å². The zero-order chi connectivity index (χ0) is 18.6. The summed E-state index contributed by atoms with van der Waals surface area (Å²) in [6.07, 6.45) is 0. The SMILES string of the molecule is Cc1ccccc1OP(=O)(Oc1ccccc1C)Oc1ccccc1C.O.O.O.O.O.O.O.O.O.O.O.O.[NaH]. The molecule has 0 aliphatic carbocycles. The van der Waals surface area contributed by atoms with E-state index in [9.17, 15) is 4.57 Å². The van der Waals surface area contributed by atoms with Crippen LogP contribution in [0.2, 0.25) is 0 Å². The van der Waals surface area contributed by atoms with Crippen LogP contribution in [0.5, 0.6) is 17.2 Å². The molecule has 0 radical (unpaired) electrons. The number of phosphoric ester groups is 1. The van der Waals surface area contributed by atoms with Gasteiger partial charge in [0.05, 0.1) is 0 Å². The van der Waals surface area contributed by atoms with Gasteiger partial charge in [-0.1, -0.05) is 54.6 Å². The maximum atomic E-state index is 13.5. The van der Waals surface area contributed by atoms with Crippen molar-refractivity contribution < 1.29 is 83.9 Å². The van der Waals surface area contributed by atoms with Crippen molar-refractivity contribution in [3.63, 3.8) is 0 Å². The van der Waals surface area contributed by atoms with Crippen LogP contribution in [0.4, 0.5) is 0 Å². The second-order valence-electron chi connectivity index (χ2n) is 6.02. The topological polar surface area (TPSA) is 423 Å². The average molecular weight is 609 g/mol. The van der Waals surface area contributed by atoms with Crippen LogP contribution in [0.1, 0.15) is 16.7 Å². The molecule has 0 unspecified atom stereocenters. The number of rotatable bonds is 6. The van der Waals surface area contributed by atoms with Gasteiger partial charge in [0.2, 0.25) is 0 Å². The third-order valence-electron chi connectivity index (χ3n) is 3.91. The standard InChI is InChI=1S/C21H21O4P.Na.12H2O.H/c1-16-10-4-7-13-19(16)23-26(22,24-20-14-8-5-11-17(20)2)25-21-15-9-6-12-18(21)3;;;;;;;;;;;;;;/h4-15H,1-3H3;;12*1H2;. The van der Waals surface area contributed by atoms with E-state index in [2.05, 4.69) is 0 Å². The molecule has 0 aliphatic heterocycles. The van der Waals surface area contributed by atoms with Gasteiger partial charge in [0, 0.05) is 0 Å². The molecule has 18 heteroatoms. The maximum absolute atomic E-state index is 13.5. The van der Waals surface area contributed by atoms with Gasteiger partial charge in [0.15, 0.2) is 0 Å². The number of benzene rings is 3. The van der Waals surface area contributed by atoms with Crippen LogP contribution in [0.3, 0.4) is 0 Å². The zero-order valence-electron chi connectivity index (χ0n) is 21.0. The van der Waals surface area contributed by atoms with Crippen LogP contribution in [0.25, 0.3) is 0 Å². The molecule has 0 atom stereocenters. The van der Waals surface area contributed by atoms with Crippen molar-refractivity contribution in [1.29, 1.82) is 0 Å². The Morgan fingerprint density at radius 3 is 0.769 bits per heavy atom. The minimum atomic E-state index is -3.97. The molecule has 232 valence electrons. The summed E-state index contributed by atoms with van der Waals surface area (Å²) in [5.41, 5.74) is 2.53. The molecule has 0 bridgehead atoms. The fourth-order valence-corrected chi connectivity index (χ4v) is 3.84. The second kappa shape index (κ2) is 32.0. The van der Waals surface area contributed by atoms with Crippen molar-refractivity contribution in [3.8, 4) is 17.2 Å². The molecule has 3 aromatic carbocycles. The number of hydrogen-bond acceptors (Lipinski definition) is 4. The van der Waals surface area contributed by atoms with E-state index in [0.29, 0.717) is 17.2 Å². The van der Waals surface area contributed by atoms with Gasteiger partial charge in [0.25, 0.3) is 0 Å². The molecule has 0 saturated carbocycles. The van der Waals surface area contributed by atoms with Crippen molar-refractivity contribution in [3.05, 3.63) is 89.5 Å². The third kappa shape index (κ3) is 19.5. The number of aryl methyl sites for hydroxylation is 3. The summed E-state index contributed by atoms with van der Waals surface area (Å²) in [4.78, 5) is 0. The Kier molecular flexibility index (Phi) is 58.2. The zero-order valence-corrected chi connectivity index (χ0v) is 21.9. The molecule has 3 aromatic rings. The van der Waals surface area contributed by atoms with Gasteiger partial charge in [-0.05, 0) is 55.7 Å². The van der Waals surface area contributed by atoms with Crippen molar-refractivity contribution in [1.82, 2.24) is 0 Å². The Morgan fingerprint density at radius 1 is 0.410 bits per heavy atom. The van der Waals surface area contributed by atoms with E-state index < -0.39 is 7.82 Å². The molecule has 0 saturated heterocycles. The summed E-state index contributed by atoms with van der Waals surface area (Å²) in [6.45, 7) is 5.63. The molecule has 16 nitrogen and oxygen atoms in total. The third-order valence-corrected chi connectivity index (χ3v) is 5.17. The summed E-state index contributed by atoms with van der Waals surface area (Å²) in [7, 11) is -3.97. The fraction of sp³-hybridized carbons (Fsp3) is 0.143. The number of phosphoric acid groups is 1. The molecule has 0 aromatic heterocycles. The van der Waals surface area contributed by atoms with Crippen LogP contribution in [0, 0.1) is 20.8 Å². The first kappa shape index (κ1) is 70.9. The van der Waals surface area contributed by atoms with Crippen LogP contribution in [-0.4, -0.2) is 95.3 Å². The molecular formula is C21H46NaO16P. The quantitative estimate of drug-likeness (QED) is 0.198. The van der Waals surface area contributed by atoms with E-state index in [4.69, 9.17) is 13.6 Å². The Labute approximate surface area is 248 Å². The van der Waals surface area contributed by atoms with Gasteiger partial charge < -0.3 is 79.3 Å². The predicted molar refractivity (Wildman–Crippen MR) is 154 cm³/mol. The normalized spacial score (nSPS) is 7.36. The van der Waals surface area contributed by atoms with E-state index in [-0.39, 0.29) is 95.3 Å². The number of hydrogen-bond donors (Lipinski definition) is 0. The van der Waals surface area contributed by atoms with Crippen molar-refractivity contribution in [2.75, 3.05) is 0 Å². The van der Waals surface area contributed by atoms with Crippen molar-refractivity contribution >= 4 is 37.4 Å². The van der Waals surface area contributed by atoms with Gasteiger partial charge in [-0.15, -0.1) is 0 Å². The molecule has 24 N–H and O–H groups in total. The molecule has 0 amide bonds. The predicted octanol–water partition coefficient (Wildman–Crippen LogP) is -4.29. The summed E-state index contributed by atoms with van der Waals surface area (Å²) in [6, 6.07) is 22.0. The Hall–Kier alpha value is -2.19. The van der Waals surface area contributed by atoms with E-state index in [1.165, 1.54) is 0 Å². The fourth-order valence-electron chi connectivity index (χ4n) is 2.39. The molecule has 0 aliphatic rings. The average Bonchev–Trinajstić information content (AvgIpc) is 2.61. The van der Waals surface area contributed by atoms with Crippen molar-refractivity contribution in [2.24, 2.45) is 0 Å². The van der Waals surface area contributed by atoms with Crippen LogP contribution in [0.15, 0.2) is 72.8 Å². The van der Waals surface area contributed by atoms with Crippen LogP contribution in [-0.2, 0) is 4.57 Å². The van der Waals surface area contributed by atoms with E-state index in [1.807, 2.05) is 75.4 Å². The molecule has 39 heavy (non-hydrogen) atoms. The van der Waals surface area contributed by atoms with Gasteiger partial charge in [-0.2, -0.15) is 4.57 Å². The van der Waals surface area contributed by atoms with Gasteiger partial charge in [0.1, 0.15) is 17.2 Å². The first-order valence-corrected chi connectivity index (χ1v) is 9.79. The molecular weight excluding hydrogens is 562 g/mol. The summed E-state index contributed by atoms with van der Waals surface area (Å²) in [5.74, 6) is 1.37. The molecule has 0 fully saturated rings. The Morgan fingerprint density at radius 2 is 0.590 bits per heavy atom. The van der Waals surface area contributed by atoms with E-state index in [1.54, 1.807) is 18.2 Å². The first-order valence-electron chi connectivity index (χ1n) is 8.32. The Balaban J connectivity index is -0.0000000670. The summed E-state index contributed by atoms with van der Waals surface area (Å²) >= 11 is 0. The molecule has 0 spiro atoms. The molecule has 3 rings (SSSR count). The van der Waals surface area contributed by atoms with Gasteiger partial charge in [-0.3, -0.25) is 0 Å². The second-order valence-corrected chi connectivity index (χ2v) is 7.46. The van der Waals surface area contributed by atoms with E-state index in [0.717, 1.165) is 16.7 Å². The van der Waals surface area contributed by atoms with Crippen molar-refractivity contribution in [2.45, 2.75) is 20.8 Å². The monoisotopic (exact) mass is 608 g/mol. The minimum absolute atomic E-state index is 0. The van der Waals surface area contributed by atoms with Gasteiger partial charge in [-0.25, -0.2) is 0 Å². The Bertz CT molecular complexity index is 857. The summed E-state index contributed by atoms with van der Waals surface area (Å²) in [5, 5.41) is 0. The number of para-hydroxylation sites is 3. The van der Waals surface area contributed by atoms with Crippen LogP contribution < -0.4 is 13.6 Å². The summed E-state index contributed by atoms with van der Waals surface area (Å²) < 4.78 is 30.8. The first-order chi connectivity index (χ1) is 12.5.